The monoisotopic (exact) mass is 295 g/mol. The van der Waals surface area contributed by atoms with Gasteiger partial charge in [-0.15, -0.1) is 0 Å². The van der Waals surface area contributed by atoms with Crippen LogP contribution in [0.25, 0.3) is 0 Å². The zero-order valence-electron chi connectivity index (χ0n) is 11.8. The fraction of sp³-hybridized carbons (Fsp3) is 0.500. The molecule has 0 radical (unpaired) electrons. The Balaban J connectivity index is 2.31. The number of carbonyl (C=O) groups is 1. The molecule has 114 valence electrons. The summed E-state index contributed by atoms with van der Waals surface area (Å²) in [6.45, 7) is 2.84. The summed E-state index contributed by atoms with van der Waals surface area (Å²) in [7, 11) is 0. The van der Waals surface area contributed by atoms with Gasteiger partial charge in [-0.1, -0.05) is 6.42 Å². The normalized spacial score (nSPS) is 14.6. The Morgan fingerprint density at radius 2 is 2.19 bits per heavy atom. The van der Waals surface area contributed by atoms with Gasteiger partial charge in [-0.05, 0) is 31.7 Å². The largest absolute Gasteiger partial charge is 0.396 e. The van der Waals surface area contributed by atoms with Gasteiger partial charge in [0, 0.05) is 13.1 Å². The Kier molecular flexibility index (Phi) is 4.40. The third-order valence-corrected chi connectivity index (χ3v) is 3.91. The molecule has 2 N–H and O–H groups in total. The third-order valence-electron chi connectivity index (χ3n) is 3.91. The first kappa shape index (κ1) is 15.2. The van der Waals surface area contributed by atoms with Crippen molar-refractivity contribution < 1.29 is 14.1 Å². The minimum atomic E-state index is -0.889. The molecule has 0 saturated heterocycles. The summed E-state index contributed by atoms with van der Waals surface area (Å²) < 4.78 is 13.4. The number of benzene rings is 1. The molecule has 6 nitrogen and oxygen atoms in total. The van der Waals surface area contributed by atoms with Crippen LogP contribution in [0.3, 0.4) is 0 Å². The van der Waals surface area contributed by atoms with Crippen molar-refractivity contribution in [3.63, 3.8) is 0 Å². The van der Waals surface area contributed by atoms with Crippen molar-refractivity contribution >= 4 is 17.3 Å². The molecule has 1 aromatic rings. The van der Waals surface area contributed by atoms with E-state index in [1.54, 1.807) is 4.90 Å². The highest BCUT2D eigenvalue weighted by Gasteiger charge is 2.28. The zero-order chi connectivity index (χ0) is 15.6. The standard InChI is InChI=1S/C14H18FN3O3/c1-2-17(8-9-4-3-5-9)14(19)10-6-12(16)11(15)7-13(10)18(20)21/h6-7,9H,2-5,8,16H2,1H3. The van der Waals surface area contributed by atoms with E-state index in [1.807, 2.05) is 6.92 Å². The van der Waals surface area contributed by atoms with Crippen LogP contribution in [-0.2, 0) is 0 Å². The van der Waals surface area contributed by atoms with E-state index in [1.165, 1.54) is 0 Å². The molecule has 0 aromatic heterocycles. The highest BCUT2D eigenvalue weighted by Crippen LogP contribution is 2.29. The van der Waals surface area contributed by atoms with E-state index in [0.717, 1.165) is 25.3 Å². The molecular formula is C14H18FN3O3. The van der Waals surface area contributed by atoms with Gasteiger partial charge in [0.15, 0.2) is 5.82 Å². The number of nitro groups is 1. The maximum Gasteiger partial charge on any atom is 0.285 e. The smallest absolute Gasteiger partial charge is 0.285 e. The summed E-state index contributed by atoms with van der Waals surface area (Å²) in [6.07, 6.45) is 3.29. The molecule has 1 aliphatic carbocycles. The lowest BCUT2D eigenvalue weighted by Gasteiger charge is -2.31. The number of nitrogen functional groups attached to an aromatic ring is 1. The average Bonchev–Trinajstić information content (AvgIpc) is 2.39. The number of hydrogen-bond donors (Lipinski definition) is 1. The molecule has 0 atom stereocenters. The molecule has 1 saturated carbocycles. The van der Waals surface area contributed by atoms with Crippen molar-refractivity contribution in [2.24, 2.45) is 5.92 Å². The van der Waals surface area contributed by atoms with Crippen LogP contribution in [0.1, 0.15) is 36.5 Å². The number of anilines is 1. The van der Waals surface area contributed by atoms with Gasteiger partial charge in [0.25, 0.3) is 11.6 Å². The molecule has 0 spiro atoms. The highest BCUT2D eigenvalue weighted by molar-refractivity contribution is 5.99. The molecule has 21 heavy (non-hydrogen) atoms. The van der Waals surface area contributed by atoms with E-state index in [0.29, 0.717) is 25.1 Å². The second kappa shape index (κ2) is 6.07. The van der Waals surface area contributed by atoms with E-state index in [-0.39, 0.29) is 11.3 Å². The lowest BCUT2D eigenvalue weighted by molar-refractivity contribution is -0.385. The molecule has 0 aliphatic heterocycles. The first-order chi connectivity index (χ1) is 9.93. The lowest BCUT2D eigenvalue weighted by Crippen LogP contribution is -2.37. The molecular weight excluding hydrogens is 277 g/mol. The zero-order valence-corrected chi connectivity index (χ0v) is 11.8. The van der Waals surface area contributed by atoms with Crippen molar-refractivity contribution in [3.05, 3.63) is 33.6 Å². The van der Waals surface area contributed by atoms with Crippen molar-refractivity contribution in [1.82, 2.24) is 4.90 Å². The summed E-state index contributed by atoms with van der Waals surface area (Å²) in [5.74, 6) is -0.908. The van der Waals surface area contributed by atoms with Crippen LogP contribution >= 0.6 is 0 Å². The Morgan fingerprint density at radius 1 is 1.52 bits per heavy atom. The predicted octanol–water partition coefficient (Wildman–Crippen LogP) is 2.58. The quantitative estimate of drug-likeness (QED) is 0.513. The third kappa shape index (κ3) is 3.12. The Morgan fingerprint density at radius 3 is 2.67 bits per heavy atom. The van der Waals surface area contributed by atoms with Crippen LogP contribution in [-0.4, -0.2) is 28.8 Å². The second-order valence-electron chi connectivity index (χ2n) is 5.29. The summed E-state index contributed by atoms with van der Waals surface area (Å²) in [5, 5.41) is 11.0. The first-order valence-electron chi connectivity index (χ1n) is 6.96. The van der Waals surface area contributed by atoms with Gasteiger partial charge in [-0.2, -0.15) is 0 Å². The summed E-state index contributed by atoms with van der Waals surface area (Å²) in [5.41, 5.74) is 4.48. The van der Waals surface area contributed by atoms with Gasteiger partial charge in [0.2, 0.25) is 0 Å². The van der Waals surface area contributed by atoms with E-state index in [4.69, 9.17) is 5.73 Å². The highest BCUT2D eigenvalue weighted by atomic mass is 19.1. The molecule has 2 rings (SSSR count). The second-order valence-corrected chi connectivity index (χ2v) is 5.29. The number of nitrogens with zero attached hydrogens (tertiary/aromatic N) is 2. The predicted molar refractivity (Wildman–Crippen MR) is 76.4 cm³/mol. The van der Waals surface area contributed by atoms with Crippen LogP contribution in [0.4, 0.5) is 15.8 Å². The number of amides is 1. The summed E-state index contributed by atoms with van der Waals surface area (Å²) in [4.78, 5) is 24.3. The van der Waals surface area contributed by atoms with E-state index in [9.17, 15) is 19.3 Å². The summed E-state index contributed by atoms with van der Waals surface area (Å²) in [6, 6.07) is 1.76. The molecule has 7 heteroatoms. The topological polar surface area (TPSA) is 89.5 Å². The number of halogens is 1. The van der Waals surface area contributed by atoms with Crippen LogP contribution in [0.15, 0.2) is 12.1 Å². The van der Waals surface area contributed by atoms with Crippen LogP contribution in [0.5, 0.6) is 0 Å². The maximum absolute atomic E-state index is 13.4. The van der Waals surface area contributed by atoms with Gasteiger partial charge in [0.05, 0.1) is 16.7 Å². The average molecular weight is 295 g/mol. The molecule has 1 aliphatic rings. The fourth-order valence-electron chi connectivity index (χ4n) is 2.41. The molecule has 0 heterocycles. The van der Waals surface area contributed by atoms with Crippen LogP contribution < -0.4 is 5.73 Å². The number of rotatable bonds is 5. The number of carbonyl (C=O) groups excluding carboxylic acids is 1. The fourth-order valence-corrected chi connectivity index (χ4v) is 2.41. The van der Waals surface area contributed by atoms with Crippen molar-refractivity contribution in [2.45, 2.75) is 26.2 Å². The van der Waals surface area contributed by atoms with E-state index < -0.39 is 22.3 Å². The van der Waals surface area contributed by atoms with Crippen LogP contribution in [0, 0.1) is 21.8 Å². The number of nitro benzene ring substituents is 1. The van der Waals surface area contributed by atoms with E-state index >= 15 is 0 Å². The molecule has 0 unspecified atom stereocenters. The van der Waals surface area contributed by atoms with E-state index in [2.05, 4.69) is 0 Å². The summed E-state index contributed by atoms with van der Waals surface area (Å²) >= 11 is 0. The van der Waals surface area contributed by atoms with Gasteiger partial charge in [-0.3, -0.25) is 14.9 Å². The number of nitrogens with two attached hydrogens (primary N) is 1. The SMILES string of the molecule is CCN(CC1CCC1)C(=O)c1cc(N)c(F)cc1[N+](=O)[O-]. The Bertz CT molecular complexity index is 573. The lowest BCUT2D eigenvalue weighted by atomic mass is 9.85. The molecule has 1 amide bonds. The minimum absolute atomic E-state index is 0.153. The van der Waals surface area contributed by atoms with Crippen molar-refractivity contribution in [2.75, 3.05) is 18.8 Å². The van der Waals surface area contributed by atoms with Crippen LogP contribution in [0.2, 0.25) is 0 Å². The molecule has 1 fully saturated rings. The maximum atomic E-state index is 13.4. The van der Waals surface area contributed by atoms with Crippen molar-refractivity contribution in [1.29, 1.82) is 0 Å². The van der Waals surface area contributed by atoms with Gasteiger partial charge >= 0.3 is 0 Å². The minimum Gasteiger partial charge on any atom is -0.396 e. The molecule has 0 bridgehead atoms. The Hall–Kier alpha value is -2.18. The Labute approximate surface area is 121 Å². The van der Waals surface area contributed by atoms with Gasteiger partial charge in [-0.25, -0.2) is 4.39 Å². The molecule has 1 aromatic carbocycles. The van der Waals surface area contributed by atoms with Crippen molar-refractivity contribution in [3.8, 4) is 0 Å². The van der Waals surface area contributed by atoms with Gasteiger partial charge in [0.1, 0.15) is 5.56 Å². The number of hydrogen-bond acceptors (Lipinski definition) is 4. The van der Waals surface area contributed by atoms with Gasteiger partial charge < -0.3 is 10.6 Å². The first-order valence-corrected chi connectivity index (χ1v) is 6.96.